The van der Waals surface area contributed by atoms with Crippen molar-refractivity contribution in [2.75, 3.05) is 0 Å². The Morgan fingerprint density at radius 3 is 2.75 bits per heavy atom. The SMILES string of the molecule is CCn1nccc1CNCc1cnn(CC(F)F)c1C. The van der Waals surface area contributed by atoms with Crippen molar-refractivity contribution in [3.63, 3.8) is 0 Å². The zero-order chi connectivity index (χ0) is 14.5. The Morgan fingerprint density at radius 2 is 2.05 bits per heavy atom. The van der Waals surface area contributed by atoms with E-state index in [1.54, 1.807) is 12.4 Å². The Balaban J connectivity index is 1.90. The van der Waals surface area contributed by atoms with Gasteiger partial charge >= 0.3 is 0 Å². The average molecular weight is 283 g/mol. The smallest absolute Gasteiger partial charge is 0.257 e. The van der Waals surface area contributed by atoms with E-state index in [0.717, 1.165) is 23.5 Å². The number of halogens is 2. The molecule has 0 aliphatic rings. The van der Waals surface area contributed by atoms with Crippen LogP contribution >= 0.6 is 0 Å². The minimum Gasteiger partial charge on any atom is -0.307 e. The number of rotatable bonds is 7. The van der Waals surface area contributed by atoms with E-state index in [2.05, 4.69) is 15.5 Å². The Bertz CT molecular complexity index is 547. The largest absolute Gasteiger partial charge is 0.307 e. The van der Waals surface area contributed by atoms with E-state index < -0.39 is 6.43 Å². The maximum absolute atomic E-state index is 12.3. The van der Waals surface area contributed by atoms with Crippen LogP contribution in [0.5, 0.6) is 0 Å². The van der Waals surface area contributed by atoms with Crippen LogP contribution in [0.2, 0.25) is 0 Å². The highest BCUT2D eigenvalue weighted by atomic mass is 19.3. The van der Waals surface area contributed by atoms with E-state index in [1.807, 2.05) is 24.6 Å². The summed E-state index contributed by atoms with van der Waals surface area (Å²) in [7, 11) is 0. The first-order valence-electron chi connectivity index (χ1n) is 6.62. The van der Waals surface area contributed by atoms with Gasteiger partial charge in [-0.05, 0) is 19.9 Å². The van der Waals surface area contributed by atoms with Crippen molar-refractivity contribution in [3.05, 3.63) is 35.4 Å². The molecule has 2 heterocycles. The van der Waals surface area contributed by atoms with E-state index in [9.17, 15) is 8.78 Å². The Kier molecular flexibility index (Phi) is 4.84. The minimum absolute atomic E-state index is 0.353. The second-order valence-electron chi connectivity index (χ2n) is 4.57. The molecule has 2 aromatic rings. The lowest BCUT2D eigenvalue weighted by Gasteiger charge is -2.07. The van der Waals surface area contributed by atoms with E-state index in [0.29, 0.717) is 13.1 Å². The van der Waals surface area contributed by atoms with Crippen LogP contribution in [0.25, 0.3) is 0 Å². The predicted molar refractivity (Wildman–Crippen MR) is 71.4 cm³/mol. The molecule has 0 atom stereocenters. The molecule has 2 aromatic heterocycles. The summed E-state index contributed by atoms with van der Waals surface area (Å²) in [5.41, 5.74) is 2.82. The lowest BCUT2D eigenvalue weighted by atomic mass is 10.2. The van der Waals surface area contributed by atoms with Crippen LogP contribution in [-0.2, 0) is 26.2 Å². The van der Waals surface area contributed by atoms with Crippen molar-refractivity contribution in [1.82, 2.24) is 24.9 Å². The molecule has 0 saturated heterocycles. The zero-order valence-electron chi connectivity index (χ0n) is 11.7. The Hall–Kier alpha value is -1.76. The number of hydrogen-bond donors (Lipinski definition) is 1. The van der Waals surface area contributed by atoms with Crippen LogP contribution in [0.3, 0.4) is 0 Å². The fourth-order valence-corrected chi connectivity index (χ4v) is 2.09. The summed E-state index contributed by atoms with van der Waals surface area (Å²) in [6, 6.07) is 1.96. The molecule has 0 aliphatic carbocycles. The van der Waals surface area contributed by atoms with Gasteiger partial charge < -0.3 is 5.32 Å². The molecule has 0 bridgehead atoms. The van der Waals surface area contributed by atoms with E-state index in [-0.39, 0.29) is 6.54 Å². The molecule has 7 heteroatoms. The van der Waals surface area contributed by atoms with Crippen LogP contribution in [0.4, 0.5) is 8.78 Å². The maximum Gasteiger partial charge on any atom is 0.257 e. The highest BCUT2D eigenvalue weighted by molar-refractivity contribution is 5.16. The summed E-state index contributed by atoms with van der Waals surface area (Å²) in [5, 5.41) is 11.5. The summed E-state index contributed by atoms with van der Waals surface area (Å²) < 4.78 is 28.0. The van der Waals surface area contributed by atoms with E-state index in [1.165, 1.54) is 4.68 Å². The number of aryl methyl sites for hydroxylation is 1. The van der Waals surface area contributed by atoms with Gasteiger partial charge in [-0.2, -0.15) is 10.2 Å². The topological polar surface area (TPSA) is 47.7 Å². The maximum atomic E-state index is 12.3. The molecule has 0 radical (unpaired) electrons. The first-order valence-corrected chi connectivity index (χ1v) is 6.62. The number of aromatic nitrogens is 4. The van der Waals surface area contributed by atoms with Gasteiger partial charge in [0, 0.05) is 37.1 Å². The van der Waals surface area contributed by atoms with Crippen molar-refractivity contribution < 1.29 is 8.78 Å². The van der Waals surface area contributed by atoms with Crippen LogP contribution in [0, 0.1) is 6.92 Å². The highest BCUT2D eigenvalue weighted by Gasteiger charge is 2.10. The van der Waals surface area contributed by atoms with Crippen molar-refractivity contribution >= 4 is 0 Å². The summed E-state index contributed by atoms with van der Waals surface area (Å²) >= 11 is 0. The third-order valence-corrected chi connectivity index (χ3v) is 3.24. The first kappa shape index (κ1) is 14.6. The molecule has 2 rings (SSSR count). The summed E-state index contributed by atoms with van der Waals surface area (Å²) in [5.74, 6) is 0. The first-order chi connectivity index (χ1) is 9.61. The minimum atomic E-state index is -2.38. The van der Waals surface area contributed by atoms with Crippen molar-refractivity contribution in [3.8, 4) is 0 Å². The Labute approximate surface area is 116 Å². The summed E-state index contributed by atoms with van der Waals surface area (Å²) in [4.78, 5) is 0. The van der Waals surface area contributed by atoms with Crippen LogP contribution in [0.1, 0.15) is 23.9 Å². The van der Waals surface area contributed by atoms with E-state index >= 15 is 0 Å². The van der Waals surface area contributed by atoms with Crippen molar-refractivity contribution in [2.45, 2.75) is 46.5 Å². The molecule has 0 saturated carbocycles. The lowest BCUT2D eigenvalue weighted by molar-refractivity contribution is 0.121. The van der Waals surface area contributed by atoms with Gasteiger partial charge in [0.25, 0.3) is 6.43 Å². The van der Waals surface area contributed by atoms with Gasteiger partial charge in [-0.15, -0.1) is 0 Å². The van der Waals surface area contributed by atoms with Gasteiger partial charge in [-0.1, -0.05) is 0 Å². The Morgan fingerprint density at radius 1 is 1.25 bits per heavy atom. The molecular formula is C13H19F2N5. The van der Waals surface area contributed by atoms with Gasteiger partial charge in [0.2, 0.25) is 0 Å². The fraction of sp³-hybridized carbons (Fsp3) is 0.538. The quantitative estimate of drug-likeness (QED) is 0.845. The molecule has 5 nitrogen and oxygen atoms in total. The van der Waals surface area contributed by atoms with Crippen LogP contribution in [-0.4, -0.2) is 26.0 Å². The molecule has 0 fully saturated rings. The molecule has 0 aliphatic heterocycles. The predicted octanol–water partition coefficient (Wildman–Crippen LogP) is 1.96. The molecule has 0 amide bonds. The van der Waals surface area contributed by atoms with Crippen LogP contribution < -0.4 is 5.32 Å². The molecule has 0 unspecified atom stereocenters. The van der Waals surface area contributed by atoms with Gasteiger partial charge in [-0.3, -0.25) is 9.36 Å². The summed E-state index contributed by atoms with van der Waals surface area (Å²) in [6.45, 7) is 5.61. The van der Waals surface area contributed by atoms with Gasteiger partial charge in [0.1, 0.15) is 6.54 Å². The average Bonchev–Trinajstić information content (AvgIpc) is 2.99. The third kappa shape index (κ3) is 3.41. The van der Waals surface area contributed by atoms with Crippen LogP contribution in [0.15, 0.2) is 18.5 Å². The van der Waals surface area contributed by atoms with Gasteiger partial charge in [-0.25, -0.2) is 8.78 Å². The molecule has 1 N–H and O–H groups in total. The second-order valence-corrected chi connectivity index (χ2v) is 4.57. The number of hydrogen-bond acceptors (Lipinski definition) is 3. The number of nitrogens with one attached hydrogen (secondary N) is 1. The second kappa shape index (κ2) is 6.60. The molecule has 20 heavy (non-hydrogen) atoms. The molecule has 0 spiro atoms. The third-order valence-electron chi connectivity index (χ3n) is 3.24. The van der Waals surface area contributed by atoms with Gasteiger partial charge in [0.15, 0.2) is 0 Å². The summed E-state index contributed by atoms with van der Waals surface area (Å²) in [6.07, 6.45) is 1.03. The lowest BCUT2D eigenvalue weighted by Crippen LogP contribution is -2.17. The zero-order valence-corrected chi connectivity index (χ0v) is 11.7. The number of nitrogens with zero attached hydrogens (tertiary/aromatic N) is 4. The molecule has 0 aromatic carbocycles. The van der Waals surface area contributed by atoms with Gasteiger partial charge in [0.05, 0.1) is 11.9 Å². The molecule has 110 valence electrons. The van der Waals surface area contributed by atoms with E-state index in [4.69, 9.17) is 0 Å². The monoisotopic (exact) mass is 283 g/mol. The standard InChI is InChI=1S/C13H19F2N5/c1-3-19-12(4-5-17-19)8-16-6-11-7-18-20(10(11)2)9-13(14)15/h4-5,7,13,16H,3,6,8-9H2,1-2H3. The number of alkyl halides is 2. The normalized spacial score (nSPS) is 11.4. The fourth-order valence-electron chi connectivity index (χ4n) is 2.09. The molecular weight excluding hydrogens is 264 g/mol. The highest BCUT2D eigenvalue weighted by Crippen LogP contribution is 2.09. The van der Waals surface area contributed by atoms with Crippen molar-refractivity contribution in [2.24, 2.45) is 0 Å². The van der Waals surface area contributed by atoms with Crippen molar-refractivity contribution in [1.29, 1.82) is 0 Å².